The van der Waals surface area contributed by atoms with Gasteiger partial charge in [0, 0.05) is 18.1 Å². The van der Waals surface area contributed by atoms with E-state index in [9.17, 15) is 14.7 Å². The van der Waals surface area contributed by atoms with Gasteiger partial charge in [-0.05, 0) is 6.92 Å². The number of rotatable bonds is 4. The third-order valence-electron chi connectivity index (χ3n) is 3.64. The van der Waals surface area contributed by atoms with Crippen molar-refractivity contribution in [2.75, 3.05) is 6.61 Å². The van der Waals surface area contributed by atoms with Crippen LogP contribution in [0.1, 0.15) is 25.1 Å². The first-order chi connectivity index (χ1) is 11.6. The Morgan fingerprint density at radius 2 is 2.17 bits per heavy atom. The Morgan fingerprint density at radius 1 is 1.42 bits per heavy atom. The van der Waals surface area contributed by atoms with Crippen LogP contribution in [0.15, 0.2) is 52.3 Å². The van der Waals surface area contributed by atoms with E-state index in [4.69, 9.17) is 9.26 Å². The molecule has 7 nitrogen and oxygen atoms in total. The van der Waals surface area contributed by atoms with Gasteiger partial charge in [-0.25, -0.2) is 4.79 Å². The van der Waals surface area contributed by atoms with E-state index in [1.54, 1.807) is 13.0 Å². The molecule has 1 aromatic heterocycles. The molecule has 2 aromatic rings. The van der Waals surface area contributed by atoms with Crippen LogP contribution < -0.4 is 5.32 Å². The lowest BCUT2D eigenvalue weighted by Gasteiger charge is -2.22. The van der Waals surface area contributed by atoms with Crippen molar-refractivity contribution >= 4 is 11.9 Å². The third-order valence-corrected chi connectivity index (χ3v) is 3.64. The van der Waals surface area contributed by atoms with Crippen molar-refractivity contribution in [1.29, 1.82) is 0 Å². The molecule has 1 atom stereocenters. The first-order valence-corrected chi connectivity index (χ1v) is 7.52. The van der Waals surface area contributed by atoms with E-state index in [0.717, 1.165) is 5.56 Å². The Kier molecular flexibility index (Phi) is 4.33. The molecule has 0 aliphatic carbocycles. The molecular weight excluding hydrogens is 312 g/mol. The first-order valence-electron chi connectivity index (χ1n) is 7.52. The van der Waals surface area contributed by atoms with Crippen LogP contribution in [0.2, 0.25) is 0 Å². The Morgan fingerprint density at radius 3 is 2.83 bits per heavy atom. The van der Waals surface area contributed by atoms with Gasteiger partial charge in [0.15, 0.2) is 11.3 Å². The minimum Gasteiger partial charge on any atom is -0.511 e. The van der Waals surface area contributed by atoms with Gasteiger partial charge in [-0.2, -0.15) is 0 Å². The fourth-order valence-electron chi connectivity index (χ4n) is 2.49. The number of esters is 1. The summed E-state index contributed by atoms with van der Waals surface area (Å²) in [6.45, 7) is 1.74. The van der Waals surface area contributed by atoms with Crippen molar-refractivity contribution in [3.8, 4) is 11.3 Å². The second kappa shape index (κ2) is 6.57. The Labute approximate surface area is 137 Å². The number of benzene rings is 1. The number of nitrogens with one attached hydrogen (secondary N) is 1. The molecule has 1 aromatic carbocycles. The minimum absolute atomic E-state index is 0.0311. The molecule has 0 saturated heterocycles. The normalized spacial score (nSPS) is 17.5. The molecule has 124 valence electrons. The zero-order valence-corrected chi connectivity index (χ0v) is 13.0. The zero-order chi connectivity index (χ0) is 17.1. The van der Waals surface area contributed by atoms with Crippen LogP contribution in [0.25, 0.3) is 11.3 Å². The van der Waals surface area contributed by atoms with Gasteiger partial charge in [0.1, 0.15) is 11.5 Å². The quantitative estimate of drug-likeness (QED) is 0.659. The molecule has 3 rings (SSSR count). The van der Waals surface area contributed by atoms with Gasteiger partial charge in [-0.3, -0.25) is 4.79 Å². The highest BCUT2D eigenvalue weighted by atomic mass is 16.5. The fraction of sp³-hybridized carbons (Fsp3) is 0.235. The zero-order valence-electron chi connectivity index (χ0n) is 13.0. The highest BCUT2D eigenvalue weighted by Crippen LogP contribution is 2.29. The number of aliphatic hydroxyl groups is 1. The Bertz CT molecular complexity index is 794. The summed E-state index contributed by atoms with van der Waals surface area (Å²) in [6, 6.07) is 10.5. The molecule has 2 heterocycles. The number of carbonyl (C=O) groups is 2. The number of hydrogen-bond acceptors (Lipinski definition) is 6. The van der Waals surface area contributed by atoms with E-state index >= 15 is 0 Å². The maximum atomic E-state index is 12.1. The number of aliphatic hydroxyl groups excluding tert-OH is 1. The highest BCUT2D eigenvalue weighted by molar-refractivity contribution is 6.17. The molecule has 24 heavy (non-hydrogen) atoms. The number of carbonyl (C=O) groups excluding carboxylic acids is 2. The van der Waals surface area contributed by atoms with Gasteiger partial charge in [0.25, 0.3) is 5.91 Å². The second-order valence-electron chi connectivity index (χ2n) is 5.25. The van der Waals surface area contributed by atoms with Crippen molar-refractivity contribution in [2.24, 2.45) is 0 Å². The summed E-state index contributed by atoms with van der Waals surface area (Å²) in [4.78, 5) is 23.8. The van der Waals surface area contributed by atoms with E-state index in [-0.39, 0.29) is 24.4 Å². The third kappa shape index (κ3) is 3.01. The molecule has 0 saturated carbocycles. The van der Waals surface area contributed by atoms with Crippen molar-refractivity contribution in [3.05, 3.63) is 53.5 Å². The molecular formula is C17H16N2O5. The molecule has 0 fully saturated rings. The highest BCUT2D eigenvalue weighted by Gasteiger charge is 2.34. The summed E-state index contributed by atoms with van der Waals surface area (Å²) < 4.78 is 10.1. The summed E-state index contributed by atoms with van der Waals surface area (Å²) in [5.74, 6) is -1.45. The standard InChI is InChI=1S/C17H16N2O5/c1-2-23-17(22)15-13(20)8-12(18-16(15)21)14-9-11(19-24-14)10-6-4-3-5-7-10/h3-7,9,12,20H,2,8H2,1H3,(H,18,21). The summed E-state index contributed by atoms with van der Waals surface area (Å²) >= 11 is 0. The van der Waals surface area contributed by atoms with Crippen LogP contribution in [0, 0.1) is 0 Å². The van der Waals surface area contributed by atoms with Gasteiger partial charge >= 0.3 is 5.97 Å². The predicted molar refractivity (Wildman–Crippen MR) is 83.7 cm³/mol. The molecule has 0 bridgehead atoms. The second-order valence-corrected chi connectivity index (χ2v) is 5.25. The van der Waals surface area contributed by atoms with Crippen LogP contribution in [0.4, 0.5) is 0 Å². The van der Waals surface area contributed by atoms with Crippen molar-refractivity contribution in [3.63, 3.8) is 0 Å². The maximum Gasteiger partial charge on any atom is 0.347 e. The van der Waals surface area contributed by atoms with Crippen LogP contribution in [-0.4, -0.2) is 28.7 Å². The molecule has 0 radical (unpaired) electrons. The molecule has 7 heteroatoms. The number of ether oxygens (including phenoxy) is 1. The number of aromatic nitrogens is 1. The summed E-state index contributed by atoms with van der Waals surface area (Å²) in [6.07, 6.45) is 0.0311. The number of nitrogens with zero attached hydrogens (tertiary/aromatic N) is 1. The summed E-state index contributed by atoms with van der Waals surface area (Å²) in [7, 11) is 0. The molecule has 1 aliphatic heterocycles. The number of amides is 1. The SMILES string of the molecule is CCOC(=O)C1=C(O)CC(c2cc(-c3ccccc3)no2)NC1=O. The van der Waals surface area contributed by atoms with E-state index in [2.05, 4.69) is 10.5 Å². The average Bonchev–Trinajstić information content (AvgIpc) is 3.05. The van der Waals surface area contributed by atoms with E-state index in [1.165, 1.54) is 0 Å². The first kappa shape index (κ1) is 15.8. The number of hydrogen-bond donors (Lipinski definition) is 2. The van der Waals surface area contributed by atoms with Crippen molar-refractivity contribution < 1.29 is 24.0 Å². The van der Waals surface area contributed by atoms with Gasteiger partial charge in [0.2, 0.25) is 0 Å². The Balaban J connectivity index is 1.82. The summed E-state index contributed by atoms with van der Waals surface area (Å²) in [5, 5.41) is 16.7. The lowest BCUT2D eigenvalue weighted by Crippen LogP contribution is -2.38. The largest absolute Gasteiger partial charge is 0.511 e. The van der Waals surface area contributed by atoms with Crippen LogP contribution in [0.3, 0.4) is 0 Å². The maximum absolute atomic E-state index is 12.1. The monoisotopic (exact) mass is 328 g/mol. The van der Waals surface area contributed by atoms with Gasteiger partial charge in [-0.15, -0.1) is 0 Å². The van der Waals surface area contributed by atoms with Gasteiger partial charge in [-0.1, -0.05) is 35.5 Å². The smallest absolute Gasteiger partial charge is 0.347 e. The molecule has 1 amide bonds. The topological polar surface area (TPSA) is 102 Å². The van der Waals surface area contributed by atoms with Crippen LogP contribution >= 0.6 is 0 Å². The lowest BCUT2D eigenvalue weighted by atomic mass is 10.00. The van der Waals surface area contributed by atoms with E-state index in [0.29, 0.717) is 11.5 Å². The average molecular weight is 328 g/mol. The van der Waals surface area contributed by atoms with Crippen LogP contribution in [-0.2, 0) is 14.3 Å². The molecule has 1 unspecified atom stereocenters. The van der Waals surface area contributed by atoms with Crippen molar-refractivity contribution in [2.45, 2.75) is 19.4 Å². The minimum atomic E-state index is -0.839. The van der Waals surface area contributed by atoms with Gasteiger partial charge < -0.3 is 19.7 Å². The Hall–Kier alpha value is -3.09. The van der Waals surface area contributed by atoms with Gasteiger partial charge in [0.05, 0.1) is 12.6 Å². The van der Waals surface area contributed by atoms with E-state index in [1.807, 2.05) is 30.3 Å². The fourth-order valence-corrected chi connectivity index (χ4v) is 2.49. The predicted octanol–water partition coefficient (Wildman–Crippen LogP) is 2.28. The molecule has 1 aliphatic rings. The van der Waals surface area contributed by atoms with Crippen molar-refractivity contribution in [1.82, 2.24) is 10.5 Å². The van der Waals surface area contributed by atoms with E-state index < -0.39 is 17.9 Å². The molecule has 2 N–H and O–H groups in total. The molecule has 0 spiro atoms. The summed E-state index contributed by atoms with van der Waals surface area (Å²) in [5.41, 5.74) is 1.14. The lowest BCUT2D eigenvalue weighted by molar-refractivity contribution is -0.141. The van der Waals surface area contributed by atoms with Crippen LogP contribution in [0.5, 0.6) is 0 Å².